The maximum atomic E-state index is 12.3. The lowest BCUT2D eigenvalue weighted by atomic mass is 10.1. The molecular weight excluding hydrogens is 352 g/mol. The van der Waals surface area contributed by atoms with Crippen molar-refractivity contribution >= 4 is 39.4 Å². The van der Waals surface area contributed by atoms with Crippen LogP contribution >= 0.6 is 22.7 Å². The van der Waals surface area contributed by atoms with Gasteiger partial charge in [-0.3, -0.25) is 4.79 Å². The van der Waals surface area contributed by atoms with Crippen molar-refractivity contribution in [2.75, 3.05) is 24.3 Å². The Balaban J connectivity index is 1.68. The molecule has 3 aromatic rings. The van der Waals surface area contributed by atoms with Crippen molar-refractivity contribution in [1.29, 1.82) is 0 Å². The number of nitrogens with zero attached hydrogens (tertiary/aromatic N) is 3. The zero-order valence-corrected chi connectivity index (χ0v) is 16.3. The molecule has 0 aliphatic heterocycles. The van der Waals surface area contributed by atoms with Crippen LogP contribution in [-0.4, -0.2) is 30.0 Å². The van der Waals surface area contributed by atoms with Crippen LogP contribution in [0.5, 0.6) is 0 Å². The standard InChI is InChI=1S/C18H20N4OS2/c1-11-17(25-12(2)19-11)15-10-24-18(20-15)21-16(23)9-13-6-5-7-14(8-13)22(3)4/h5-8,10H,9H2,1-4H3,(H,20,21,23). The molecule has 7 heteroatoms. The highest BCUT2D eigenvalue weighted by atomic mass is 32.1. The molecule has 1 N–H and O–H groups in total. The average Bonchev–Trinajstić information content (AvgIpc) is 3.13. The molecule has 0 aliphatic carbocycles. The molecule has 0 bridgehead atoms. The zero-order chi connectivity index (χ0) is 18.0. The third-order valence-corrected chi connectivity index (χ3v) is 5.53. The van der Waals surface area contributed by atoms with Crippen LogP contribution in [0.1, 0.15) is 16.3 Å². The quantitative estimate of drug-likeness (QED) is 0.731. The summed E-state index contributed by atoms with van der Waals surface area (Å²) in [6.45, 7) is 3.96. The fourth-order valence-electron chi connectivity index (χ4n) is 2.50. The van der Waals surface area contributed by atoms with Crippen LogP contribution in [0.4, 0.5) is 10.8 Å². The Kier molecular flexibility index (Phi) is 5.15. The van der Waals surface area contributed by atoms with Gasteiger partial charge in [0.25, 0.3) is 0 Å². The predicted octanol–water partition coefficient (Wildman–Crippen LogP) is 4.13. The third kappa shape index (κ3) is 4.24. The highest BCUT2D eigenvalue weighted by Gasteiger charge is 2.13. The van der Waals surface area contributed by atoms with Gasteiger partial charge in [-0.05, 0) is 31.5 Å². The monoisotopic (exact) mass is 372 g/mol. The van der Waals surface area contributed by atoms with E-state index in [0.717, 1.165) is 32.5 Å². The molecule has 0 radical (unpaired) electrons. The van der Waals surface area contributed by atoms with Crippen molar-refractivity contribution in [3.63, 3.8) is 0 Å². The second-order valence-electron chi connectivity index (χ2n) is 5.97. The van der Waals surface area contributed by atoms with Gasteiger partial charge in [-0.1, -0.05) is 12.1 Å². The second-order valence-corrected chi connectivity index (χ2v) is 8.04. The molecule has 0 atom stereocenters. The van der Waals surface area contributed by atoms with Crippen molar-refractivity contribution in [2.45, 2.75) is 20.3 Å². The Morgan fingerprint density at radius 1 is 1.24 bits per heavy atom. The van der Waals surface area contributed by atoms with Crippen molar-refractivity contribution in [3.05, 3.63) is 45.9 Å². The number of amides is 1. The Morgan fingerprint density at radius 2 is 2.04 bits per heavy atom. The summed E-state index contributed by atoms with van der Waals surface area (Å²) in [5.74, 6) is -0.0611. The van der Waals surface area contributed by atoms with Gasteiger partial charge in [0, 0.05) is 25.2 Å². The largest absolute Gasteiger partial charge is 0.378 e. The van der Waals surface area contributed by atoms with Gasteiger partial charge in [0.05, 0.1) is 27.7 Å². The van der Waals surface area contributed by atoms with Gasteiger partial charge < -0.3 is 10.2 Å². The fourth-order valence-corrected chi connectivity index (χ4v) is 4.17. The number of nitrogens with one attached hydrogen (secondary N) is 1. The second kappa shape index (κ2) is 7.33. The number of benzene rings is 1. The van der Waals surface area contributed by atoms with Crippen LogP contribution in [0.25, 0.3) is 10.6 Å². The van der Waals surface area contributed by atoms with Gasteiger partial charge in [0.1, 0.15) is 0 Å². The van der Waals surface area contributed by atoms with Crippen molar-refractivity contribution in [3.8, 4) is 10.6 Å². The molecule has 5 nitrogen and oxygen atoms in total. The number of aryl methyl sites for hydroxylation is 2. The SMILES string of the molecule is Cc1nc(C)c(-c2csc(NC(=O)Cc3cccc(N(C)C)c3)n2)s1. The molecule has 0 fully saturated rings. The van der Waals surface area contributed by atoms with Crippen LogP contribution in [0.3, 0.4) is 0 Å². The van der Waals surface area contributed by atoms with E-state index in [1.165, 1.54) is 11.3 Å². The highest BCUT2D eigenvalue weighted by molar-refractivity contribution is 7.16. The minimum absolute atomic E-state index is 0.0611. The normalized spacial score (nSPS) is 10.7. The molecule has 0 saturated carbocycles. The summed E-state index contributed by atoms with van der Waals surface area (Å²) in [6, 6.07) is 7.97. The van der Waals surface area contributed by atoms with Crippen molar-refractivity contribution < 1.29 is 4.79 Å². The van der Waals surface area contributed by atoms with E-state index >= 15 is 0 Å². The van der Waals surface area contributed by atoms with E-state index in [4.69, 9.17) is 0 Å². The minimum atomic E-state index is -0.0611. The Hall–Kier alpha value is -2.25. The topological polar surface area (TPSA) is 58.1 Å². The van der Waals surface area contributed by atoms with Gasteiger partial charge in [0.15, 0.2) is 5.13 Å². The number of hydrogen-bond donors (Lipinski definition) is 1. The van der Waals surface area contributed by atoms with Gasteiger partial charge in [-0.25, -0.2) is 9.97 Å². The maximum Gasteiger partial charge on any atom is 0.230 e. The third-order valence-electron chi connectivity index (χ3n) is 3.68. The van der Waals surface area contributed by atoms with Gasteiger partial charge in [-0.15, -0.1) is 22.7 Å². The van der Waals surface area contributed by atoms with Gasteiger partial charge in [0.2, 0.25) is 5.91 Å². The van der Waals surface area contributed by atoms with Crippen LogP contribution in [0, 0.1) is 13.8 Å². The molecule has 0 aliphatic rings. The van der Waals surface area contributed by atoms with Crippen LogP contribution in [-0.2, 0) is 11.2 Å². The summed E-state index contributed by atoms with van der Waals surface area (Å²) in [6.07, 6.45) is 0.329. The first-order valence-corrected chi connectivity index (χ1v) is 9.58. The Morgan fingerprint density at radius 3 is 2.72 bits per heavy atom. The van der Waals surface area contributed by atoms with E-state index in [0.29, 0.717) is 11.6 Å². The molecule has 3 rings (SSSR count). The van der Waals surface area contributed by atoms with Crippen molar-refractivity contribution in [1.82, 2.24) is 9.97 Å². The summed E-state index contributed by atoms with van der Waals surface area (Å²) in [5, 5.41) is 6.50. The molecule has 2 aromatic heterocycles. The molecule has 25 heavy (non-hydrogen) atoms. The van der Waals surface area contributed by atoms with Crippen LogP contribution < -0.4 is 10.2 Å². The molecule has 0 spiro atoms. The fraction of sp³-hybridized carbons (Fsp3) is 0.278. The number of aromatic nitrogens is 2. The minimum Gasteiger partial charge on any atom is -0.378 e. The molecule has 1 aromatic carbocycles. The number of thiazole rings is 2. The molecule has 0 unspecified atom stereocenters. The van der Waals surface area contributed by atoms with Gasteiger partial charge in [-0.2, -0.15) is 0 Å². The average molecular weight is 373 g/mol. The summed E-state index contributed by atoms with van der Waals surface area (Å²) in [4.78, 5) is 24.4. The predicted molar refractivity (Wildman–Crippen MR) is 106 cm³/mol. The van der Waals surface area contributed by atoms with E-state index in [1.807, 2.05) is 62.5 Å². The summed E-state index contributed by atoms with van der Waals surface area (Å²) in [7, 11) is 3.97. The van der Waals surface area contributed by atoms with Crippen molar-refractivity contribution in [2.24, 2.45) is 0 Å². The lowest BCUT2D eigenvalue weighted by molar-refractivity contribution is -0.115. The first-order chi connectivity index (χ1) is 11.9. The number of hydrogen-bond acceptors (Lipinski definition) is 6. The molecule has 130 valence electrons. The van der Waals surface area contributed by atoms with Gasteiger partial charge >= 0.3 is 0 Å². The Labute approximate surface area is 155 Å². The van der Waals surface area contributed by atoms with Crippen LogP contribution in [0.2, 0.25) is 0 Å². The first kappa shape index (κ1) is 17.6. The zero-order valence-electron chi connectivity index (χ0n) is 14.7. The highest BCUT2D eigenvalue weighted by Crippen LogP contribution is 2.32. The van der Waals surface area contributed by atoms with Crippen LogP contribution in [0.15, 0.2) is 29.6 Å². The Bertz CT molecular complexity index is 898. The summed E-state index contributed by atoms with van der Waals surface area (Å²) in [5.41, 5.74) is 3.91. The number of carbonyl (C=O) groups is 1. The smallest absolute Gasteiger partial charge is 0.230 e. The molecule has 1 amide bonds. The lowest BCUT2D eigenvalue weighted by Crippen LogP contribution is -2.15. The van der Waals surface area contributed by atoms with E-state index in [2.05, 4.69) is 15.3 Å². The maximum absolute atomic E-state index is 12.3. The molecule has 2 heterocycles. The summed E-state index contributed by atoms with van der Waals surface area (Å²) >= 11 is 3.06. The first-order valence-electron chi connectivity index (χ1n) is 7.88. The molecule has 0 saturated heterocycles. The number of anilines is 2. The van der Waals surface area contributed by atoms with E-state index in [1.54, 1.807) is 11.3 Å². The van der Waals surface area contributed by atoms with E-state index in [-0.39, 0.29) is 5.91 Å². The number of carbonyl (C=O) groups excluding carboxylic acids is 1. The summed E-state index contributed by atoms with van der Waals surface area (Å²) < 4.78 is 0. The van der Waals surface area contributed by atoms with E-state index in [9.17, 15) is 4.79 Å². The number of rotatable bonds is 5. The van der Waals surface area contributed by atoms with E-state index < -0.39 is 0 Å². The lowest BCUT2D eigenvalue weighted by Gasteiger charge is -2.13. The molecular formula is C18H20N4OS2.